The number of hydrogen-bond acceptors (Lipinski definition) is 5. The van der Waals surface area contributed by atoms with Crippen molar-refractivity contribution in [2.45, 2.75) is 6.61 Å². The first kappa shape index (κ1) is 12.7. The summed E-state index contributed by atoms with van der Waals surface area (Å²) in [7, 11) is 0. The van der Waals surface area contributed by atoms with Crippen molar-refractivity contribution in [1.82, 2.24) is 15.2 Å². The number of ether oxygens (including phenoxy) is 1. The molecule has 0 fully saturated rings. The van der Waals surface area contributed by atoms with Crippen molar-refractivity contribution >= 4 is 17.4 Å². The summed E-state index contributed by atoms with van der Waals surface area (Å²) in [6.07, 6.45) is 2.54. The predicted octanol–water partition coefficient (Wildman–Crippen LogP) is 1.25. The summed E-state index contributed by atoms with van der Waals surface area (Å²) < 4.78 is 28.0. The molecule has 0 spiro atoms. The molecule has 0 aliphatic rings. The first-order valence-electron chi connectivity index (χ1n) is 5.07. The van der Waals surface area contributed by atoms with Crippen molar-refractivity contribution in [2.24, 2.45) is 5.73 Å². The molecule has 0 unspecified atom stereocenters. The van der Waals surface area contributed by atoms with Gasteiger partial charge in [0.2, 0.25) is 5.88 Å². The average Bonchev–Trinajstić information content (AvgIpc) is 2.79. The number of aromatic nitrogens is 3. The van der Waals surface area contributed by atoms with Crippen LogP contribution >= 0.6 is 0 Å². The fraction of sp³-hybridized carbons (Fsp3) is 0.100. The molecule has 100 valence electrons. The molecule has 0 aromatic carbocycles. The van der Waals surface area contributed by atoms with Gasteiger partial charge in [0.15, 0.2) is 0 Å². The highest BCUT2D eigenvalue weighted by molar-refractivity contribution is 5.97. The van der Waals surface area contributed by atoms with Gasteiger partial charge in [-0.1, -0.05) is 0 Å². The van der Waals surface area contributed by atoms with Gasteiger partial charge >= 0.3 is 6.61 Å². The van der Waals surface area contributed by atoms with E-state index in [0.29, 0.717) is 5.69 Å². The van der Waals surface area contributed by atoms with Gasteiger partial charge < -0.3 is 15.8 Å². The van der Waals surface area contributed by atoms with Crippen LogP contribution in [0.5, 0.6) is 5.88 Å². The lowest BCUT2D eigenvalue weighted by Crippen LogP contribution is -2.12. The Morgan fingerprint density at radius 3 is 2.79 bits per heavy atom. The molecule has 0 radical (unpaired) electrons. The summed E-state index contributed by atoms with van der Waals surface area (Å²) in [5.41, 5.74) is 5.76. The van der Waals surface area contributed by atoms with Crippen molar-refractivity contribution in [3.8, 4) is 5.88 Å². The molecule has 0 atom stereocenters. The van der Waals surface area contributed by atoms with Crippen LogP contribution in [0.3, 0.4) is 0 Å². The number of aromatic amines is 1. The minimum Gasteiger partial charge on any atom is -0.417 e. The lowest BCUT2D eigenvalue weighted by Gasteiger charge is -2.06. The molecule has 0 aliphatic heterocycles. The molecular weight excluding hydrogens is 260 g/mol. The zero-order valence-electron chi connectivity index (χ0n) is 9.43. The van der Waals surface area contributed by atoms with Gasteiger partial charge in [0, 0.05) is 6.07 Å². The second-order valence-corrected chi connectivity index (χ2v) is 3.41. The third-order valence-corrected chi connectivity index (χ3v) is 2.12. The highest BCUT2D eigenvalue weighted by Crippen LogP contribution is 2.19. The Labute approximate surface area is 105 Å². The average molecular weight is 269 g/mol. The number of carbonyl (C=O) groups is 1. The minimum atomic E-state index is -2.93. The van der Waals surface area contributed by atoms with Crippen LogP contribution in [0.15, 0.2) is 24.5 Å². The monoisotopic (exact) mass is 269 g/mol. The second-order valence-electron chi connectivity index (χ2n) is 3.41. The topological polar surface area (TPSA) is 106 Å². The van der Waals surface area contributed by atoms with Crippen molar-refractivity contribution in [2.75, 3.05) is 5.32 Å². The Kier molecular flexibility index (Phi) is 3.55. The van der Waals surface area contributed by atoms with Crippen LogP contribution in [-0.2, 0) is 0 Å². The lowest BCUT2D eigenvalue weighted by atomic mass is 10.3. The van der Waals surface area contributed by atoms with Crippen molar-refractivity contribution in [3.63, 3.8) is 0 Å². The normalized spacial score (nSPS) is 10.5. The highest BCUT2D eigenvalue weighted by Gasteiger charge is 2.11. The Balaban J connectivity index is 2.11. The molecule has 4 N–H and O–H groups in total. The number of H-pyrrole nitrogens is 1. The molecule has 0 aliphatic carbocycles. The summed E-state index contributed by atoms with van der Waals surface area (Å²) in [6, 6.07) is 2.71. The largest absolute Gasteiger partial charge is 0.417 e. The van der Waals surface area contributed by atoms with E-state index in [9.17, 15) is 13.6 Å². The number of primary amides is 1. The molecule has 0 saturated heterocycles. The first-order valence-corrected chi connectivity index (χ1v) is 5.07. The van der Waals surface area contributed by atoms with Crippen LogP contribution in [0.25, 0.3) is 0 Å². The molecule has 2 aromatic rings. The summed E-state index contributed by atoms with van der Waals surface area (Å²) in [4.78, 5) is 14.7. The molecule has 1 amide bonds. The summed E-state index contributed by atoms with van der Waals surface area (Å²) in [5.74, 6) is -0.570. The van der Waals surface area contributed by atoms with E-state index in [1.165, 1.54) is 24.5 Å². The Morgan fingerprint density at radius 2 is 2.21 bits per heavy atom. The Bertz CT molecular complexity index is 570. The zero-order chi connectivity index (χ0) is 13.8. The van der Waals surface area contributed by atoms with Crippen LogP contribution < -0.4 is 15.8 Å². The first-order chi connectivity index (χ1) is 9.06. The number of carbonyl (C=O) groups excluding carboxylic acids is 1. The molecule has 9 heteroatoms. The van der Waals surface area contributed by atoms with Crippen molar-refractivity contribution in [1.29, 1.82) is 0 Å². The van der Waals surface area contributed by atoms with E-state index in [1.54, 1.807) is 0 Å². The van der Waals surface area contributed by atoms with Crippen molar-refractivity contribution < 1.29 is 18.3 Å². The molecule has 2 heterocycles. The number of nitrogens with one attached hydrogen (secondary N) is 2. The maximum atomic E-state index is 11.9. The van der Waals surface area contributed by atoms with Crippen LogP contribution in [0.2, 0.25) is 0 Å². The summed E-state index contributed by atoms with van der Waals surface area (Å²) in [5, 5.41) is 9.00. The van der Waals surface area contributed by atoms with Crippen LogP contribution in [0.1, 0.15) is 10.4 Å². The number of nitrogens with zero attached hydrogens (tertiary/aromatic N) is 2. The highest BCUT2D eigenvalue weighted by atomic mass is 19.3. The molecule has 19 heavy (non-hydrogen) atoms. The van der Waals surface area contributed by atoms with Gasteiger partial charge in [0.25, 0.3) is 5.91 Å². The number of amides is 1. The van der Waals surface area contributed by atoms with Gasteiger partial charge in [-0.25, -0.2) is 4.98 Å². The van der Waals surface area contributed by atoms with Gasteiger partial charge in [0.05, 0.1) is 18.1 Å². The maximum absolute atomic E-state index is 11.9. The van der Waals surface area contributed by atoms with E-state index in [2.05, 4.69) is 25.2 Å². The Hall–Kier alpha value is -2.71. The lowest BCUT2D eigenvalue weighted by molar-refractivity contribution is -0.0528. The molecule has 2 aromatic heterocycles. The van der Waals surface area contributed by atoms with Gasteiger partial charge in [-0.3, -0.25) is 9.89 Å². The minimum absolute atomic E-state index is 0.174. The molecule has 2 rings (SSSR count). The predicted molar refractivity (Wildman–Crippen MR) is 61.3 cm³/mol. The summed E-state index contributed by atoms with van der Waals surface area (Å²) >= 11 is 0. The maximum Gasteiger partial charge on any atom is 0.388 e. The third-order valence-electron chi connectivity index (χ3n) is 2.12. The number of rotatable bonds is 5. The van der Waals surface area contributed by atoms with E-state index in [4.69, 9.17) is 5.73 Å². The quantitative estimate of drug-likeness (QED) is 0.757. The standard InChI is InChI=1S/C10H9F2N5O2/c11-10(12)19-7-2-1-5(3-14-7)16-9-6(8(13)18)4-15-17-9/h1-4,10H,(H2,13,18)(H2,15,16,17). The van der Waals surface area contributed by atoms with Crippen LogP contribution in [0.4, 0.5) is 20.3 Å². The number of halogens is 2. The summed E-state index contributed by atoms with van der Waals surface area (Å²) in [6.45, 7) is -2.93. The van der Waals surface area contributed by atoms with Crippen LogP contribution in [0, 0.1) is 0 Å². The fourth-order valence-corrected chi connectivity index (χ4v) is 1.33. The Morgan fingerprint density at radius 1 is 1.42 bits per heavy atom. The molecule has 0 bridgehead atoms. The van der Waals surface area contributed by atoms with Gasteiger partial charge in [-0.2, -0.15) is 13.9 Å². The van der Waals surface area contributed by atoms with E-state index < -0.39 is 12.5 Å². The van der Waals surface area contributed by atoms with E-state index >= 15 is 0 Å². The van der Waals surface area contributed by atoms with Crippen LogP contribution in [-0.4, -0.2) is 27.7 Å². The zero-order valence-corrected chi connectivity index (χ0v) is 9.43. The van der Waals surface area contributed by atoms with E-state index in [1.807, 2.05) is 0 Å². The molecular formula is C10H9F2N5O2. The van der Waals surface area contributed by atoms with E-state index in [0.717, 1.165) is 0 Å². The molecule has 7 nitrogen and oxygen atoms in total. The third kappa shape index (κ3) is 3.15. The fourth-order valence-electron chi connectivity index (χ4n) is 1.33. The van der Waals surface area contributed by atoms with Gasteiger partial charge in [-0.15, -0.1) is 0 Å². The second kappa shape index (κ2) is 5.29. The van der Waals surface area contributed by atoms with Crippen molar-refractivity contribution in [3.05, 3.63) is 30.1 Å². The number of nitrogens with two attached hydrogens (primary N) is 1. The van der Waals surface area contributed by atoms with Gasteiger partial charge in [0.1, 0.15) is 11.4 Å². The smallest absolute Gasteiger partial charge is 0.388 e. The number of pyridine rings is 1. The van der Waals surface area contributed by atoms with Gasteiger partial charge in [-0.05, 0) is 6.07 Å². The number of anilines is 2. The molecule has 0 saturated carbocycles. The number of hydrogen-bond donors (Lipinski definition) is 3. The van der Waals surface area contributed by atoms with E-state index in [-0.39, 0.29) is 17.3 Å². The SMILES string of the molecule is NC(=O)c1cn[nH]c1Nc1ccc(OC(F)F)nc1. The number of alkyl halides is 2.